The van der Waals surface area contributed by atoms with Gasteiger partial charge in [0.05, 0.1) is 10.7 Å². The number of rotatable bonds is 8. The van der Waals surface area contributed by atoms with E-state index in [9.17, 15) is 28.3 Å². The van der Waals surface area contributed by atoms with E-state index in [2.05, 4.69) is 25.8 Å². The minimum atomic E-state index is -1.12. The van der Waals surface area contributed by atoms with Crippen LogP contribution >= 0.6 is 11.6 Å². The summed E-state index contributed by atoms with van der Waals surface area (Å²) in [6, 6.07) is 16.3. The maximum Gasteiger partial charge on any atom is 0.352 e. The summed E-state index contributed by atoms with van der Waals surface area (Å²) in [5.74, 6) is -3.52. The molecule has 5 aromatic rings. The molecule has 202 valence electrons. The fourth-order valence-electron chi connectivity index (χ4n) is 4.13. The first-order chi connectivity index (χ1) is 19.2. The molecule has 0 saturated carbocycles. The first-order valence-corrected chi connectivity index (χ1v) is 12.3. The van der Waals surface area contributed by atoms with E-state index < -0.39 is 35.5 Å². The predicted octanol–water partition coefficient (Wildman–Crippen LogP) is 5.17. The number of carbonyl (C=O) groups is 3. The second-order valence-corrected chi connectivity index (χ2v) is 9.31. The number of halogens is 3. The van der Waals surface area contributed by atoms with E-state index in [1.165, 1.54) is 48.5 Å². The Balaban J connectivity index is 1.38. The molecule has 2 heterocycles. The highest BCUT2D eigenvalue weighted by atomic mass is 35.5. The molecule has 2 amide bonds. The molecule has 5 N–H and O–H groups in total. The van der Waals surface area contributed by atoms with Gasteiger partial charge >= 0.3 is 5.97 Å². The number of aromatic amines is 2. The van der Waals surface area contributed by atoms with E-state index in [1.807, 2.05) is 0 Å². The van der Waals surface area contributed by atoms with Gasteiger partial charge < -0.3 is 20.7 Å². The lowest BCUT2D eigenvalue weighted by atomic mass is 10.0. The normalized spacial score (nSPS) is 11.8. The number of carboxylic acids is 1. The Kier molecular flexibility index (Phi) is 7.30. The number of nitrogens with one attached hydrogen (secondary N) is 4. The van der Waals surface area contributed by atoms with Gasteiger partial charge in [-0.15, -0.1) is 0 Å². The van der Waals surface area contributed by atoms with Crippen LogP contribution < -0.4 is 10.6 Å². The van der Waals surface area contributed by atoms with E-state index in [0.29, 0.717) is 22.2 Å². The van der Waals surface area contributed by atoms with Crippen LogP contribution in [0.15, 0.2) is 72.8 Å². The number of H-pyrrole nitrogens is 2. The van der Waals surface area contributed by atoms with Gasteiger partial charge in [0.2, 0.25) is 5.91 Å². The summed E-state index contributed by atoms with van der Waals surface area (Å²) in [4.78, 5) is 40.4. The molecule has 0 spiro atoms. The maximum atomic E-state index is 14.4. The molecular formula is C28H20ClF2N5O4. The van der Waals surface area contributed by atoms with Crippen LogP contribution in [0.1, 0.15) is 26.5 Å². The van der Waals surface area contributed by atoms with Gasteiger partial charge in [-0.2, -0.15) is 5.10 Å². The third-order valence-corrected chi connectivity index (χ3v) is 6.44. The molecular weight excluding hydrogens is 544 g/mol. The second kappa shape index (κ2) is 11.0. The van der Waals surface area contributed by atoms with Gasteiger partial charge in [-0.3, -0.25) is 14.7 Å². The van der Waals surface area contributed by atoms with Crippen molar-refractivity contribution in [2.24, 2.45) is 0 Å². The van der Waals surface area contributed by atoms with Gasteiger partial charge in [0.15, 0.2) is 5.82 Å². The van der Waals surface area contributed by atoms with Crippen molar-refractivity contribution in [3.8, 4) is 11.3 Å². The molecule has 12 heteroatoms. The number of aromatic carboxylic acids is 1. The Labute approximate surface area is 230 Å². The molecule has 2 aromatic heterocycles. The Bertz CT molecular complexity index is 1750. The standard InChI is InChI=1S/C28H20ClF2N5O4/c29-19-3-1-2-18(25(19)31)21-13-23(36-35-21)27(38)34-22(10-14-4-6-16(30)7-5-14)26(37)32-17-8-9-20-15(11-17)12-24(33-20)28(39)40/h1-9,11-13,22,33H,10H2,(H,32,37)(H,34,38)(H,35,36)(H,39,40)/t22-/m0/s1. The Morgan fingerprint density at radius 3 is 2.50 bits per heavy atom. The zero-order valence-electron chi connectivity index (χ0n) is 20.5. The van der Waals surface area contributed by atoms with Crippen LogP contribution in [0.3, 0.4) is 0 Å². The van der Waals surface area contributed by atoms with E-state index in [0.717, 1.165) is 0 Å². The summed E-state index contributed by atoms with van der Waals surface area (Å²) < 4.78 is 27.9. The van der Waals surface area contributed by atoms with Crippen molar-refractivity contribution in [2.75, 3.05) is 5.32 Å². The van der Waals surface area contributed by atoms with E-state index in [4.69, 9.17) is 11.6 Å². The molecule has 0 unspecified atom stereocenters. The number of amides is 2. The van der Waals surface area contributed by atoms with Gasteiger partial charge in [-0.05, 0) is 60.2 Å². The number of carboxylic acid groups (broad SMARTS) is 1. The minimum Gasteiger partial charge on any atom is -0.477 e. The van der Waals surface area contributed by atoms with Crippen LogP contribution in [-0.2, 0) is 11.2 Å². The van der Waals surface area contributed by atoms with Gasteiger partial charge in [-0.25, -0.2) is 13.6 Å². The van der Waals surface area contributed by atoms with Crippen LogP contribution in [-0.4, -0.2) is 44.1 Å². The Morgan fingerprint density at radius 2 is 1.75 bits per heavy atom. The van der Waals surface area contributed by atoms with Gasteiger partial charge in [0.25, 0.3) is 5.91 Å². The number of anilines is 1. The third kappa shape index (κ3) is 5.69. The molecule has 0 radical (unpaired) electrons. The van der Waals surface area contributed by atoms with Crippen LogP contribution in [0, 0.1) is 11.6 Å². The lowest BCUT2D eigenvalue weighted by Crippen LogP contribution is -2.45. The van der Waals surface area contributed by atoms with Crippen LogP contribution in [0.2, 0.25) is 5.02 Å². The van der Waals surface area contributed by atoms with Crippen molar-refractivity contribution in [1.29, 1.82) is 0 Å². The first-order valence-electron chi connectivity index (χ1n) is 11.9. The highest BCUT2D eigenvalue weighted by molar-refractivity contribution is 6.31. The summed E-state index contributed by atoms with van der Waals surface area (Å²) in [5, 5.41) is 21.6. The number of hydrogen-bond acceptors (Lipinski definition) is 4. The first kappa shape index (κ1) is 26.6. The Hall–Kier alpha value is -5.03. The monoisotopic (exact) mass is 563 g/mol. The topological polar surface area (TPSA) is 140 Å². The zero-order chi connectivity index (χ0) is 28.4. The lowest BCUT2D eigenvalue weighted by molar-refractivity contribution is -0.118. The average molecular weight is 564 g/mol. The van der Waals surface area contributed by atoms with Crippen molar-refractivity contribution in [1.82, 2.24) is 20.5 Å². The van der Waals surface area contributed by atoms with E-state index in [1.54, 1.807) is 24.3 Å². The number of nitrogens with zero attached hydrogens (tertiary/aromatic N) is 1. The minimum absolute atomic E-state index is 0.00323. The summed E-state index contributed by atoms with van der Waals surface area (Å²) in [5.41, 5.74) is 1.72. The molecule has 1 atom stereocenters. The number of carbonyl (C=O) groups excluding carboxylic acids is 2. The smallest absolute Gasteiger partial charge is 0.352 e. The molecule has 0 aliphatic heterocycles. The van der Waals surface area contributed by atoms with Crippen molar-refractivity contribution >= 4 is 46.0 Å². The largest absolute Gasteiger partial charge is 0.477 e. The highest BCUT2D eigenvalue weighted by Crippen LogP contribution is 2.26. The quantitative estimate of drug-likeness (QED) is 0.177. The number of benzene rings is 3. The van der Waals surface area contributed by atoms with E-state index in [-0.39, 0.29) is 34.1 Å². The van der Waals surface area contributed by atoms with Crippen LogP contribution in [0.5, 0.6) is 0 Å². The molecule has 0 bridgehead atoms. The van der Waals surface area contributed by atoms with Gasteiger partial charge in [0.1, 0.15) is 23.2 Å². The van der Waals surface area contributed by atoms with Crippen LogP contribution in [0.25, 0.3) is 22.2 Å². The molecule has 9 nitrogen and oxygen atoms in total. The molecule has 0 aliphatic carbocycles. The van der Waals surface area contributed by atoms with E-state index >= 15 is 0 Å². The molecule has 3 aromatic carbocycles. The molecule has 40 heavy (non-hydrogen) atoms. The molecule has 0 aliphatic rings. The third-order valence-electron chi connectivity index (χ3n) is 6.14. The number of hydrogen-bond donors (Lipinski definition) is 5. The van der Waals surface area contributed by atoms with Crippen molar-refractivity contribution in [3.05, 3.63) is 106 Å². The van der Waals surface area contributed by atoms with Crippen LogP contribution in [0.4, 0.5) is 14.5 Å². The molecule has 0 saturated heterocycles. The van der Waals surface area contributed by atoms with Crippen molar-refractivity contribution in [3.63, 3.8) is 0 Å². The fraction of sp³-hybridized carbons (Fsp3) is 0.0714. The zero-order valence-corrected chi connectivity index (χ0v) is 21.2. The van der Waals surface area contributed by atoms with Crippen molar-refractivity contribution < 1.29 is 28.3 Å². The lowest BCUT2D eigenvalue weighted by Gasteiger charge is -2.18. The summed E-state index contributed by atoms with van der Waals surface area (Å²) in [7, 11) is 0. The fourth-order valence-corrected chi connectivity index (χ4v) is 4.31. The van der Waals surface area contributed by atoms with Gasteiger partial charge in [-0.1, -0.05) is 29.8 Å². The Morgan fingerprint density at radius 1 is 0.975 bits per heavy atom. The molecule has 0 fully saturated rings. The number of aromatic nitrogens is 3. The predicted molar refractivity (Wildman–Crippen MR) is 144 cm³/mol. The summed E-state index contributed by atoms with van der Waals surface area (Å²) >= 11 is 5.85. The SMILES string of the molecule is O=C(O)c1cc2cc(NC(=O)[C@H](Cc3ccc(F)cc3)NC(=O)c3cc(-c4cccc(Cl)c4F)n[nH]3)ccc2[nH]1. The van der Waals surface area contributed by atoms with Gasteiger partial charge in [0, 0.05) is 28.6 Å². The average Bonchev–Trinajstić information content (AvgIpc) is 3.59. The maximum absolute atomic E-state index is 14.4. The molecule has 5 rings (SSSR count). The second-order valence-electron chi connectivity index (χ2n) is 8.90. The summed E-state index contributed by atoms with van der Waals surface area (Å²) in [6.07, 6.45) is 0.0251. The highest BCUT2D eigenvalue weighted by Gasteiger charge is 2.24. The number of fused-ring (bicyclic) bond motifs is 1. The summed E-state index contributed by atoms with van der Waals surface area (Å²) in [6.45, 7) is 0. The van der Waals surface area contributed by atoms with Crippen molar-refractivity contribution in [2.45, 2.75) is 12.5 Å².